The molecule has 6 atom stereocenters. The third kappa shape index (κ3) is 5.13. The second-order valence-electron chi connectivity index (χ2n) is 14.6. The van der Waals surface area contributed by atoms with E-state index in [1.165, 1.54) is 12.1 Å². The van der Waals surface area contributed by atoms with Gasteiger partial charge in [0.05, 0.1) is 34.5 Å². The van der Waals surface area contributed by atoms with Gasteiger partial charge in [0.2, 0.25) is 23.6 Å². The van der Waals surface area contributed by atoms with E-state index in [2.05, 4.69) is 0 Å². The lowest BCUT2D eigenvalue weighted by atomic mass is 9.49. The van der Waals surface area contributed by atoms with Crippen LogP contribution in [0.3, 0.4) is 0 Å². The molecule has 2 saturated heterocycles. The number of carbonyl (C=O) groups is 5. The Morgan fingerprint density at radius 2 is 1.40 bits per heavy atom. The van der Waals surface area contributed by atoms with Crippen molar-refractivity contribution in [3.63, 3.8) is 0 Å². The second-order valence-corrected chi connectivity index (χ2v) is 15.0. The van der Waals surface area contributed by atoms with Crippen molar-refractivity contribution in [3.8, 4) is 5.75 Å². The molecule has 0 spiro atoms. The minimum Gasteiger partial charge on any atom is -0.505 e. The van der Waals surface area contributed by atoms with E-state index in [0.29, 0.717) is 38.5 Å². The highest BCUT2D eigenvalue weighted by Gasteiger charge is 2.70. The van der Waals surface area contributed by atoms with E-state index in [1.54, 1.807) is 109 Å². The van der Waals surface area contributed by atoms with E-state index in [1.807, 2.05) is 12.1 Å². The van der Waals surface area contributed by atoms with Gasteiger partial charge < -0.3 is 5.11 Å². The van der Waals surface area contributed by atoms with Crippen molar-refractivity contribution >= 4 is 52.4 Å². The summed E-state index contributed by atoms with van der Waals surface area (Å²) < 4.78 is 15.4. The molecular weight excluding hydrogens is 719 g/mol. The SMILES string of the molecule is O=C(c1ccccc1)c1ccc(N2C(=O)[C@H]3[C@H](CC=C4[C@H]3C[C@H]3C(=O)N(c5cccc(Cl)c5)C(=O)[C@@]3(c3ccccc3)[C@H]4c3ccc(O)c(F)c3)C2=O)cc1. The second kappa shape index (κ2) is 13.0. The number of phenolic OH excluding ortho intramolecular Hbond substituents is 1. The van der Waals surface area contributed by atoms with Crippen molar-refractivity contribution in [1.29, 1.82) is 0 Å². The molecule has 10 heteroatoms. The fraction of sp³-hybridized carbons (Fsp3) is 0.178. The minimum atomic E-state index is -1.58. The summed E-state index contributed by atoms with van der Waals surface area (Å²) in [5.41, 5.74) is 1.49. The number of halogens is 2. The molecule has 0 unspecified atom stereocenters. The van der Waals surface area contributed by atoms with Crippen LogP contribution in [0.4, 0.5) is 15.8 Å². The Morgan fingerprint density at radius 3 is 2.09 bits per heavy atom. The van der Waals surface area contributed by atoms with Crippen LogP contribution < -0.4 is 9.80 Å². The first-order chi connectivity index (χ1) is 26.6. The Labute approximate surface area is 320 Å². The number of benzene rings is 5. The Kier molecular flexibility index (Phi) is 8.16. The molecule has 2 aliphatic carbocycles. The zero-order valence-corrected chi connectivity index (χ0v) is 29.9. The Morgan fingerprint density at radius 1 is 0.709 bits per heavy atom. The maximum Gasteiger partial charge on any atom is 0.246 e. The average molecular weight is 751 g/mol. The summed E-state index contributed by atoms with van der Waals surface area (Å²) in [6, 6.07) is 34.5. The van der Waals surface area contributed by atoms with Crippen LogP contribution in [0, 0.1) is 29.5 Å². The van der Waals surface area contributed by atoms with Gasteiger partial charge in [0.1, 0.15) is 0 Å². The number of rotatable bonds is 6. The van der Waals surface area contributed by atoms with Gasteiger partial charge in [-0.3, -0.25) is 28.9 Å². The van der Waals surface area contributed by atoms with Crippen molar-refractivity contribution in [2.45, 2.75) is 24.2 Å². The molecule has 0 bridgehead atoms. The molecule has 2 heterocycles. The van der Waals surface area contributed by atoms with Crippen molar-refractivity contribution in [2.75, 3.05) is 9.80 Å². The summed E-state index contributed by atoms with van der Waals surface area (Å²) in [4.78, 5) is 74.4. The van der Waals surface area contributed by atoms with E-state index in [4.69, 9.17) is 11.6 Å². The molecule has 8 nitrogen and oxygen atoms in total. The van der Waals surface area contributed by atoms with E-state index in [9.17, 15) is 24.3 Å². The van der Waals surface area contributed by atoms with Crippen molar-refractivity contribution in [2.24, 2.45) is 23.7 Å². The summed E-state index contributed by atoms with van der Waals surface area (Å²) in [7, 11) is 0. The zero-order chi connectivity index (χ0) is 38.2. The topological polar surface area (TPSA) is 112 Å². The van der Waals surface area contributed by atoms with Crippen molar-refractivity contribution < 1.29 is 33.5 Å². The van der Waals surface area contributed by atoms with Crippen molar-refractivity contribution in [1.82, 2.24) is 0 Å². The molecule has 272 valence electrons. The molecule has 9 rings (SSSR count). The van der Waals surface area contributed by atoms with E-state index >= 15 is 9.18 Å². The van der Waals surface area contributed by atoms with Crippen LogP contribution in [0.15, 0.2) is 139 Å². The number of ketones is 1. The lowest BCUT2D eigenvalue weighted by molar-refractivity contribution is -0.127. The Hall–Kier alpha value is -6.19. The quantitative estimate of drug-likeness (QED) is 0.108. The molecule has 5 aromatic rings. The summed E-state index contributed by atoms with van der Waals surface area (Å²) in [5, 5.41) is 10.6. The monoisotopic (exact) mass is 750 g/mol. The number of phenols is 1. The Balaban J connectivity index is 1.17. The number of allylic oxidation sites excluding steroid dienone is 2. The Bertz CT molecular complexity index is 2470. The molecule has 4 amide bonds. The van der Waals surface area contributed by atoms with Crippen LogP contribution in [0.1, 0.15) is 45.8 Å². The lowest BCUT2D eigenvalue weighted by Gasteiger charge is -2.50. The molecule has 2 aliphatic heterocycles. The lowest BCUT2D eigenvalue weighted by Crippen LogP contribution is -2.53. The number of hydrogen-bond donors (Lipinski definition) is 1. The normalized spacial score (nSPS) is 25.7. The number of nitrogens with zero attached hydrogens (tertiary/aromatic N) is 2. The first kappa shape index (κ1) is 34.6. The number of imide groups is 2. The van der Waals surface area contributed by atoms with Crippen LogP contribution in [-0.4, -0.2) is 34.5 Å². The number of amides is 4. The highest BCUT2D eigenvalue weighted by Crippen LogP contribution is 2.64. The van der Waals surface area contributed by atoms with Gasteiger partial charge in [-0.05, 0) is 84.5 Å². The van der Waals surface area contributed by atoms with E-state index in [-0.39, 0.29) is 24.3 Å². The predicted molar refractivity (Wildman–Crippen MR) is 203 cm³/mol. The maximum absolute atomic E-state index is 15.4. The maximum atomic E-state index is 15.4. The fourth-order valence-corrected chi connectivity index (χ4v) is 9.78. The number of aromatic hydroxyl groups is 1. The van der Waals surface area contributed by atoms with E-state index < -0.39 is 70.2 Å². The van der Waals surface area contributed by atoms with Crippen LogP contribution in [0.5, 0.6) is 5.75 Å². The number of fused-ring (bicyclic) bond motifs is 4. The molecule has 5 aromatic carbocycles. The van der Waals surface area contributed by atoms with Gasteiger partial charge in [-0.25, -0.2) is 9.29 Å². The summed E-state index contributed by atoms with van der Waals surface area (Å²) in [5.74, 6) is -7.78. The van der Waals surface area contributed by atoms with Crippen molar-refractivity contribution in [3.05, 3.63) is 172 Å². The van der Waals surface area contributed by atoms with E-state index in [0.717, 1.165) is 9.80 Å². The summed E-state index contributed by atoms with van der Waals surface area (Å²) in [6.45, 7) is 0. The number of carbonyl (C=O) groups excluding carboxylic acids is 5. The van der Waals surface area contributed by atoms with Gasteiger partial charge in [0.15, 0.2) is 17.3 Å². The smallest absolute Gasteiger partial charge is 0.246 e. The molecule has 1 N–H and O–H groups in total. The third-order valence-corrected chi connectivity index (χ3v) is 12.1. The molecule has 0 aromatic heterocycles. The van der Waals surface area contributed by atoms with Crippen LogP contribution in [-0.2, 0) is 24.6 Å². The highest BCUT2D eigenvalue weighted by molar-refractivity contribution is 6.32. The van der Waals surface area contributed by atoms with Gasteiger partial charge in [-0.15, -0.1) is 0 Å². The molecule has 1 saturated carbocycles. The molecule has 4 aliphatic rings. The summed E-state index contributed by atoms with van der Waals surface area (Å²) >= 11 is 6.37. The minimum absolute atomic E-state index is 0.0674. The molecule has 55 heavy (non-hydrogen) atoms. The molecule has 0 radical (unpaired) electrons. The van der Waals surface area contributed by atoms with Gasteiger partial charge in [0, 0.05) is 22.1 Å². The van der Waals surface area contributed by atoms with Gasteiger partial charge in [-0.2, -0.15) is 0 Å². The van der Waals surface area contributed by atoms with Gasteiger partial charge in [0.25, 0.3) is 0 Å². The summed E-state index contributed by atoms with van der Waals surface area (Å²) in [6.07, 6.45) is 2.13. The number of anilines is 2. The molecule has 3 fully saturated rings. The first-order valence-electron chi connectivity index (χ1n) is 18.1. The highest BCUT2D eigenvalue weighted by atomic mass is 35.5. The number of hydrogen-bond acceptors (Lipinski definition) is 6. The zero-order valence-electron chi connectivity index (χ0n) is 29.1. The van der Waals surface area contributed by atoms with Crippen LogP contribution in [0.25, 0.3) is 0 Å². The van der Waals surface area contributed by atoms with Crippen LogP contribution >= 0.6 is 11.6 Å². The fourth-order valence-electron chi connectivity index (χ4n) is 9.59. The predicted octanol–water partition coefficient (Wildman–Crippen LogP) is 7.78. The van der Waals surface area contributed by atoms with Crippen LogP contribution in [0.2, 0.25) is 5.02 Å². The van der Waals surface area contributed by atoms with Gasteiger partial charge in [-0.1, -0.05) is 96.0 Å². The average Bonchev–Trinajstić information content (AvgIpc) is 3.60. The molecular formula is C45H32ClFN2O6. The van der Waals surface area contributed by atoms with Gasteiger partial charge >= 0.3 is 0 Å². The third-order valence-electron chi connectivity index (χ3n) is 11.9. The largest absolute Gasteiger partial charge is 0.505 e. The first-order valence-corrected chi connectivity index (χ1v) is 18.4. The standard InChI is InChI=1S/C45H32ClFN2O6/c46-29-12-7-13-31(23-29)49-42(53)35-24-34-32(39(27-16-21-37(50)36(47)22-27)45(35,44(49)55)28-10-5-2-6-11-28)19-20-33-38(34)43(54)48(41(33)52)30-17-14-26(15-18-30)40(51)25-8-3-1-4-9-25/h1-19,21-23,33-35,38-39,50H,20,24H2/t33-,34+,35-,38-,39-,45+/m0/s1.